The molecule has 0 radical (unpaired) electrons. The summed E-state index contributed by atoms with van der Waals surface area (Å²) in [6, 6.07) is 12.0. The Kier molecular flexibility index (Phi) is 6.96. The van der Waals surface area contributed by atoms with Gasteiger partial charge in [0, 0.05) is 12.6 Å². The highest BCUT2D eigenvalue weighted by Crippen LogP contribution is 2.22. The lowest BCUT2D eigenvalue weighted by Gasteiger charge is -2.15. The maximum Gasteiger partial charge on any atom is 0.262 e. The summed E-state index contributed by atoms with van der Waals surface area (Å²) in [7, 11) is 0. The highest BCUT2D eigenvalue weighted by molar-refractivity contribution is 7.99. The molecule has 0 spiro atoms. The zero-order chi connectivity index (χ0) is 21.0. The van der Waals surface area contributed by atoms with Crippen LogP contribution in [0.25, 0.3) is 21.7 Å². The molecule has 0 aliphatic carbocycles. The predicted octanol–water partition coefficient (Wildman–Crippen LogP) is 4.60. The van der Waals surface area contributed by atoms with Crippen molar-refractivity contribution in [3.05, 3.63) is 46.8 Å². The maximum atomic E-state index is 13.0. The van der Waals surface area contributed by atoms with Crippen molar-refractivity contribution < 1.29 is 4.79 Å². The van der Waals surface area contributed by atoms with Gasteiger partial charge in [0.15, 0.2) is 5.16 Å². The van der Waals surface area contributed by atoms with Crippen LogP contribution >= 0.6 is 11.8 Å². The zero-order valence-electron chi connectivity index (χ0n) is 17.6. The minimum atomic E-state index is -0.0588. The molecule has 1 atom stereocenters. The zero-order valence-corrected chi connectivity index (χ0v) is 18.4. The highest BCUT2D eigenvalue weighted by atomic mass is 32.2. The standard InChI is InChI=1S/C23H29N3O2S/c1-5-26-22(28)19-12-17-8-6-7-9-18(17)13-20(19)25-23(26)29-14-21(27)24-16(4)11-10-15(2)3/h6-9,12-13,15-16H,5,10-11,14H2,1-4H3,(H,24,27)/t16-/m1/s1. The third-order valence-corrected chi connectivity index (χ3v) is 6.00. The van der Waals surface area contributed by atoms with Crippen molar-refractivity contribution in [3.63, 3.8) is 0 Å². The molecule has 1 N–H and O–H groups in total. The number of fused-ring (bicyclic) bond motifs is 2. The number of hydrogen-bond donors (Lipinski definition) is 1. The van der Waals surface area contributed by atoms with Gasteiger partial charge in [0.05, 0.1) is 16.7 Å². The number of hydrogen-bond acceptors (Lipinski definition) is 4. The van der Waals surface area contributed by atoms with Crippen molar-refractivity contribution in [1.29, 1.82) is 0 Å². The molecule has 0 saturated heterocycles. The number of thioether (sulfide) groups is 1. The lowest BCUT2D eigenvalue weighted by atomic mass is 10.0. The Morgan fingerprint density at radius 3 is 2.48 bits per heavy atom. The van der Waals surface area contributed by atoms with E-state index in [1.165, 1.54) is 11.8 Å². The Balaban J connectivity index is 1.80. The number of nitrogens with one attached hydrogen (secondary N) is 1. The van der Waals surface area contributed by atoms with Crippen molar-refractivity contribution >= 4 is 39.3 Å². The molecule has 2 aromatic carbocycles. The first-order valence-corrected chi connectivity index (χ1v) is 11.2. The fourth-order valence-electron chi connectivity index (χ4n) is 3.38. The summed E-state index contributed by atoms with van der Waals surface area (Å²) in [6.07, 6.45) is 2.05. The van der Waals surface area contributed by atoms with Crippen LogP contribution in [0.1, 0.15) is 40.5 Å². The van der Waals surface area contributed by atoms with E-state index in [4.69, 9.17) is 4.98 Å². The fraction of sp³-hybridized carbons (Fsp3) is 0.435. The van der Waals surface area contributed by atoms with Crippen LogP contribution in [-0.2, 0) is 11.3 Å². The van der Waals surface area contributed by atoms with Crippen LogP contribution in [0.4, 0.5) is 0 Å². The minimum Gasteiger partial charge on any atom is -0.353 e. The molecule has 3 rings (SSSR count). The van der Waals surface area contributed by atoms with Crippen molar-refractivity contribution in [1.82, 2.24) is 14.9 Å². The van der Waals surface area contributed by atoms with E-state index < -0.39 is 0 Å². The number of benzene rings is 2. The van der Waals surface area contributed by atoms with Crippen molar-refractivity contribution in [2.45, 2.75) is 58.3 Å². The molecule has 1 aromatic heterocycles. The second-order valence-corrected chi connectivity index (χ2v) is 8.83. The van der Waals surface area contributed by atoms with Gasteiger partial charge in [0.25, 0.3) is 5.56 Å². The van der Waals surface area contributed by atoms with Crippen LogP contribution in [0.2, 0.25) is 0 Å². The Morgan fingerprint density at radius 2 is 1.83 bits per heavy atom. The summed E-state index contributed by atoms with van der Waals surface area (Å²) in [5.41, 5.74) is 0.614. The summed E-state index contributed by atoms with van der Waals surface area (Å²) >= 11 is 1.32. The van der Waals surface area contributed by atoms with Crippen LogP contribution in [0.5, 0.6) is 0 Å². The molecule has 0 unspecified atom stereocenters. The van der Waals surface area contributed by atoms with E-state index in [1.807, 2.05) is 50.2 Å². The molecular weight excluding hydrogens is 382 g/mol. The van der Waals surface area contributed by atoms with Crippen molar-refractivity contribution in [2.24, 2.45) is 5.92 Å². The van der Waals surface area contributed by atoms with E-state index in [0.717, 1.165) is 23.6 Å². The number of carbonyl (C=O) groups is 1. The quantitative estimate of drug-likeness (QED) is 0.334. The van der Waals surface area contributed by atoms with Gasteiger partial charge < -0.3 is 5.32 Å². The van der Waals surface area contributed by atoms with Crippen LogP contribution in [0.15, 0.2) is 46.3 Å². The minimum absolute atomic E-state index is 0.0261. The van der Waals surface area contributed by atoms with E-state index in [1.54, 1.807) is 4.57 Å². The third kappa shape index (κ3) is 5.18. The molecule has 0 aliphatic rings. The first-order valence-electron chi connectivity index (χ1n) is 10.2. The molecule has 6 heteroatoms. The number of carbonyl (C=O) groups excluding carboxylic acids is 1. The van der Waals surface area contributed by atoms with E-state index in [0.29, 0.717) is 28.5 Å². The largest absolute Gasteiger partial charge is 0.353 e. The van der Waals surface area contributed by atoms with Gasteiger partial charge in [0.2, 0.25) is 5.91 Å². The molecule has 29 heavy (non-hydrogen) atoms. The summed E-state index contributed by atoms with van der Waals surface area (Å²) in [5.74, 6) is 0.847. The smallest absolute Gasteiger partial charge is 0.262 e. The van der Waals surface area contributed by atoms with E-state index >= 15 is 0 Å². The van der Waals surface area contributed by atoms with Gasteiger partial charge >= 0.3 is 0 Å². The van der Waals surface area contributed by atoms with Crippen molar-refractivity contribution in [3.8, 4) is 0 Å². The molecule has 5 nitrogen and oxygen atoms in total. The van der Waals surface area contributed by atoms with E-state index in [-0.39, 0.29) is 23.3 Å². The Labute approximate surface area is 175 Å². The van der Waals surface area contributed by atoms with Crippen molar-refractivity contribution in [2.75, 3.05) is 5.75 Å². The van der Waals surface area contributed by atoms with E-state index in [9.17, 15) is 9.59 Å². The molecule has 0 aliphatic heterocycles. The molecule has 1 heterocycles. The monoisotopic (exact) mass is 411 g/mol. The molecule has 1 amide bonds. The van der Waals surface area contributed by atoms with Gasteiger partial charge in [-0.2, -0.15) is 0 Å². The highest BCUT2D eigenvalue weighted by Gasteiger charge is 2.14. The predicted molar refractivity (Wildman–Crippen MR) is 122 cm³/mol. The molecular formula is C23H29N3O2S. The van der Waals surface area contributed by atoms with Gasteiger partial charge in [-0.1, -0.05) is 49.9 Å². The van der Waals surface area contributed by atoms with Crippen LogP contribution in [-0.4, -0.2) is 27.3 Å². The summed E-state index contributed by atoms with van der Waals surface area (Å²) in [4.78, 5) is 30.1. The van der Waals surface area contributed by atoms with Gasteiger partial charge in [-0.25, -0.2) is 4.98 Å². The lowest BCUT2D eigenvalue weighted by Crippen LogP contribution is -2.34. The third-order valence-electron chi connectivity index (χ3n) is 5.02. The molecule has 154 valence electrons. The topological polar surface area (TPSA) is 64.0 Å². The first kappa shape index (κ1) is 21.4. The average Bonchev–Trinajstić information content (AvgIpc) is 2.69. The maximum absolute atomic E-state index is 13.0. The average molecular weight is 412 g/mol. The van der Waals surface area contributed by atoms with E-state index in [2.05, 4.69) is 19.2 Å². The fourth-order valence-corrected chi connectivity index (χ4v) is 4.25. The molecule has 3 aromatic rings. The summed E-state index contributed by atoms with van der Waals surface area (Å²) in [5, 5.41) is 6.32. The van der Waals surface area contributed by atoms with Gasteiger partial charge in [-0.05, 0) is 55.5 Å². The number of aromatic nitrogens is 2. The Hall–Kier alpha value is -2.34. The first-order chi connectivity index (χ1) is 13.9. The van der Waals surface area contributed by atoms with Crippen LogP contribution < -0.4 is 10.9 Å². The number of amides is 1. The summed E-state index contributed by atoms with van der Waals surface area (Å²) in [6.45, 7) is 8.84. The molecule has 0 bridgehead atoms. The SMILES string of the molecule is CCn1c(SCC(=O)N[C@H](C)CCC(C)C)nc2cc3ccccc3cc2c1=O. The number of nitrogens with zero attached hydrogens (tertiary/aromatic N) is 2. The second-order valence-electron chi connectivity index (χ2n) is 7.89. The van der Waals surface area contributed by atoms with Gasteiger partial charge in [-0.15, -0.1) is 0 Å². The normalized spacial score (nSPS) is 12.6. The summed E-state index contributed by atoms with van der Waals surface area (Å²) < 4.78 is 1.65. The van der Waals surface area contributed by atoms with Gasteiger partial charge in [-0.3, -0.25) is 14.2 Å². The Morgan fingerprint density at radius 1 is 1.14 bits per heavy atom. The molecule has 0 fully saturated rings. The van der Waals surface area contributed by atoms with Crippen LogP contribution in [0, 0.1) is 5.92 Å². The Bertz CT molecular complexity index is 1070. The van der Waals surface area contributed by atoms with Crippen LogP contribution in [0.3, 0.4) is 0 Å². The lowest BCUT2D eigenvalue weighted by molar-refractivity contribution is -0.119. The number of rotatable bonds is 8. The second kappa shape index (κ2) is 9.44. The molecule has 0 saturated carbocycles. The van der Waals surface area contributed by atoms with Gasteiger partial charge in [0.1, 0.15) is 0 Å².